The summed E-state index contributed by atoms with van der Waals surface area (Å²) in [5.74, 6) is 0.971. The van der Waals surface area contributed by atoms with Crippen molar-refractivity contribution in [1.29, 1.82) is 0 Å². The Balaban J connectivity index is 1.37. The van der Waals surface area contributed by atoms with E-state index in [1.165, 1.54) is 29.2 Å². The largest absolute Gasteiger partial charge is 0.459 e. The zero-order valence-electron chi connectivity index (χ0n) is 17.6. The molecule has 0 aliphatic carbocycles. The Bertz CT molecular complexity index is 1060. The molecule has 1 N–H and O–H groups in total. The minimum absolute atomic E-state index is 0.0888. The lowest BCUT2D eigenvalue weighted by Crippen LogP contribution is -2.37. The van der Waals surface area contributed by atoms with E-state index in [0.717, 1.165) is 13.0 Å². The average molecular weight is 440 g/mol. The molecule has 2 amide bonds. The van der Waals surface area contributed by atoms with Gasteiger partial charge in [-0.25, -0.2) is 0 Å². The number of hydrogen-bond acceptors (Lipinski definition) is 6. The van der Waals surface area contributed by atoms with E-state index in [9.17, 15) is 9.59 Å². The minimum Gasteiger partial charge on any atom is -0.459 e. The highest BCUT2D eigenvalue weighted by molar-refractivity contribution is 7.99. The van der Waals surface area contributed by atoms with Crippen LogP contribution in [0, 0.1) is 0 Å². The molecule has 4 rings (SSSR count). The topological polar surface area (TPSA) is 93.3 Å². The zero-order valence-corrected chi connectivity index (χ0v) is 18.4. The highest BCUT2D eigenvalue weighted by Crippen LogP contribution is 2.23. The maximum Gasteiger partial charge on any atom is 0.287 e. The van der Waals surface area contributed by atoms with Crippen molar-refractivity contribution >= 4 is 23.6 Å². The van der Waals surface area contributed by atoms with Gasteiger partial charge in [0, 0.05) is 19.6 Å². The molecule has 0 spiro atoms. The summed E-state index contributed by atoms with van der Waals surface area (Å²) in [6, 6.07) is 11.2. The normalized spacial score (nSPS) is 14.2. The van der Waals surface area contributed by atoms with Gasteiger partial charge < -0.3 is 19.2 Å². The SMILES string of the molecule is CCn1c(SCC(=O)N2CCc3ccccc3C2)nnc1[C@H](C)NC(=O)c1ccco1. The first-order chi connectivity index (χ1) is 15.1. The quantitative estimate of drug-likeness (QED) is 0.569. The maximum absolute atomic E-state index is 12.8. The summed E-state index contributed by atoms with van der Waals surface area (Å²) in [6.07, 6.45) is 2.34. The lowest BCUT2D eigenvalue weighted by molar-refractivity contribution is -0.129. The van der Waals surface area contributed by atoms with E-state index < -0.39 is 0 Å². The van der Waals surface area contributed by atoms with Crippen molar-refractivity contribution < 1.29 is 14.0 Å². The van der Waals surface area contributed by atoms with Crippen LogP contribution in [-0.2, 0) is 24.3 Å². The van der Waals surface area contributed by atoms with Crippen molar-refractivity contribution in [2.75, 3.05) is 12.3 Å². The number of carbonyl (C=O) groups is 2. The summed E-state index contributed by atoms with van der Waals surface area (Å²) in [5.41, 5.74) is 2.53. The van der Waals surface area contributed by atoms with Crippen molar-refractivity contribution in [3.63, 3.8) is 0 Å². The van der Waals surface area contributed by atoms with Crippen LogP contribution in [0.4, 0.5) is 0 Å². The van der Waals surface area contributed by atoms with Crippen LogP contribution in [0.15, 0.2) is 52.2 Å². The molecular weight excluding hydrogens is 414 g/mol. The van der Waals surface area contributed by atoms with E-state index in [2.05, 4.69) is 27.6 Å². The van der Waals surface area contributed by atoms with E-state index >= 15 is 0 Å². The fourth-order valence-electron chi connectivity index (χ4n) is 3.69. The number of furan rings is 1. The van der Waals surface area contributed by atoms with Crippen molar-refractivity contribution in [3.8, 4) is 0 Å². The van der Waals surface area contributed by atoms with Crippen LogP contribution in [0.5, 0.6) is 0 Å². The summed E-state index contributed by atoms with van der Waals surface area (Å²) in [6.45, 7) is 5.86. The van der Waals surface area contributed by atoms with Gasteiger partial charge in [-0.05, 0) is 43.5 Å². The summed E-state index contributed by atoms with van der Waals surface area (Å²) in [5, 5.41) is 12.1. The molecule has 9 heteroatoms. The van der Waals surface area contributed by atoms with Crippen LogP contribution in [0.25, 0.3) is 0 Å². The van der Waals surface area contributed by atoms with Gasteiger partial charge >= 0.3 is 0 Å². The molecule has 0 radical (unpaired) electrons. The van der Waals surface area contributed by atoms with Crippen molar-refractivity contribution in [2.24, 2.45) is 0 Å². The van der Waals surface area contributed by atoms with Gasteiger partial charge in [0.1, 0.15) is 0 Å². The molecule has 0 saturated heterocycles. The Labute approximate surface area is 185 Å². The molecular formula is C22H25N5O3S. The number of carbonyl (C=O) groups excluding carboxylic acids is 2. The third-order valence-corrected chi connectivity index (χ3v) is 6.30. The average Bonchev–Trinajstić information content (AvgIpc) is 3.47. The van der Waals surface area contributed by atoms with Gasteiger partial charge in [0.25, 0.3) is 5.91 Å². The van der Waals surface area contributed by atoms with E-state index in [4.69, 9.17) is 4.42 Å². The molecule has 0 saturated carbocycles. The van der Waals surface area contributed by atoms with Gasteiger partial charge in [0.05, 0.1) is 18.1 Å². The fourth-order valence-corrected chi connectivity index (χ4v) is 4.60. The minimum atomic E-state index is -0.353. The number of amides is 2. The molecule has 3 aromatic rings. The Morgan fingerprint density at radius 1 is 1.19 bits per heavy atom. The third kappa shape index (κ3) is 4.66. The Hall–Kier alpha value is -3.07. The van der Waals surface area contributed by atoms with Crippen molar-refractivity contribution in [1.82, 2.24) is 25.0 Å². The number of aromatic nitrogens is 3. The second-order valence-corrected chi connectivity index (χ2v) is 8.32. The Morgan fingerprint density at radius 2 is 2.00 bits per heavy atom. The van der Waals surface area contributed by atoms with Crippen molar-refractivity contribution in [3.05, 3.63) is 65.4 Å². The van der Waals surface area contributed by atoms with E-state index in [1.54, 1.807) is 12.1 Å². The zero-order chi connectivity index (χ0) is 21.8. The summed E-state index contributed by atoms with van der Waals surface area (Å²) in [7, 11) is 0. The number of fused-ring (bicyclic) bond motifs is 1. The van der Waals surface area contributed by atoms with Gasteiger partial charge in [-0.15, -0.1) is 10.2 Å². The van der Waals surface area contributed by atoms with Gasteiger partial charge in [-0.3, -0.25) is 9.59 Å². The molecule has 1 aliphatic rings. The van der Waals surface area contributed by atoms with Crippen LogP contribution in [0.2, 0.25) is 0 Å². The Morgan fingerprint density at radius 3 is 2.74 bits per heavy atom. The number of rotatable bonds is 7. The van der Waals surface area contributed by atoms with Crippen molar-refractivity contribution in [2.45, 2.75) is 44.6 Å². The standard InChI is InChI=1S/C22H25N5O3S/c1-3-27-20(15(2)23-21(29)18-9-6-12-30-18)24-25-22(27)31-14-19(28)26-11-10-16-7-4-5-8-17(16)13-26/h4-9,12,15H,3,10-11,13-14H2,1-2H3,(H,23,29)/t15-/m0/s1. The number of thioether (sulfide) groups is 1. The lowest BCUT2D eigenvalue weighted by atomic mass is 10.00. The first-order valence-electron chi connectivity index (χ1n) is 10.3. The lowest BCUT2D eigenvalue weighted by Gasteiger charge is -2.28. The molecule has 0 unspecified atom stereocenters. The molecule has 1 aromatic carbocycles. The van der Waals surface area contributed by atoms with Gasteiger partial charge in [0.15, 0.2) is 16.7 Å². The molecule has 3 heterocycles. The predicted octanol–water partition coefficient (Wildman–Crippen LogP) is 3.06. The number of hydrogen-bond donors (Lipinski definition) is 1. The Kier molecular flexibility index (Phi) is 6.41. The van der Waals surface area contributed by atoms with Gasteiger partial charge in [-0.1, -0.05) is 36.0 Å². The first-order valence-corrected chi connectivity index (χ1v) is 11.3. The highest BCUT2D eigenvalue weighted by Gasteiger charge is 2.23. The van der Waals surface area contributed by atoms with Gasteiger partial charge in [0.2, 0.25) is 5.91 Å². The highest BCUT2D eigenvalue weighted by atomic mass is 32.2. The number of benzene rings is 1. The molecule has 1 atom stereocenters. The molecule has 0 fully saturated rings. The van der Waals surface area contributed by atoms with Crippen LogP contribution in [0.1, 0.15) is 47.4 Å². The number of nitrogens with one attached hydrogen (secondary N) is 1. The molecule has 31 heavy (non-hydrogen) atoms. The monoisotopic (exact) mass is 439 g/mol. The molecule has 8 nitrogen and oxygen atoms in total. The predicted molar refractivity (Wildman–Crippen MR) is 117 cm³/mol. The van der Waals surface area contributed by atoms with E-state index in [0.29, 0.717) is 29.8 Å². The summed E-state index contributed by atoms with van der Waals surface area (Å²) >= 11 is 1.38. The molecule has 0 bridgehead atoms. The third-order valence-electron chi connectivity index (χ3n) is 5.35. The van der Waals surface area contributed by atoms with Gasteiger partial charge in [-0.2, -0.15) is 0 Å². The van der Waals surface area contributed by atoms with Crippen LogP contribution in [-0.4, -0.2) is 43.8 Å². The van der Waals surface area contributed by atoms with Crippen LogP contribution >= 0.6 is 11.8 Å². The second-order valence-electron chi connectivity index (χ2n) is 7.38. The summed E-state index contributed by atoms with van der Waals surface area (Å²) < 4.78 is 7.06. The molecule has 1 aliphatic heterocycles. The number of nitrogens with zero attached hydrogens (tertiary/aromatic N) is 4. The van der Waals surface area contributed by atoms with Crippen LogP contribution < -0.4 is 5.32 Å². The van der Waals surface area contributed by atoms with Crippen LogP contribution in [0.3, 0.4) is 0 Å². The molecule has 2 aromatic heterocycles. The first kappa shape index (κ1) is 21.2. The molecule has 162 valence electrons. The summed E-state index contributed by atoms with van der Waals surface area (Å²) in [4.78, 5) is 26.9. The fraction of sp³-hybridized carbons (Fsp3) is 0.364. The second kappa shape index (κ2) is 9.38. The van der Waals surface area contributed by atoms with E-state index in [1.807, 2.05) is 35.4 Å². The maximum atomic E-state index is 12.8. The smallest absolute Gasteiger partial charge is 0.287 e. The van der Waals surface area contributed by atoms with E-state index in [-0.39, 0.29) is 23.6 Å².